The van der Waals surface area contributed by atoms with Gasteiger partial charge in [-0.2, -0.15) is 0 Å². The fourth-order valence-electron chi connectivity index (χ4n) is 8.02. The zero-order valence-electron chi connectivity index (χ0n) is 27.0. The van der Waals surface area contributed by atoms with E-state index in [1.54, 1.807) is 0 Å². The van der Waals surface area contributed by atoms with Crippen molar-refractivity contribution in [3.63, 3.8) is 0 Å². The predicted octanol–water partition coefficient (Wildman–Crippen LogP) is 10.7. The molecule has 0 bridgehead atoms. The number of nitrogens with zero attached hydrogens (tertiary/aromatic N) is 2. The zero-order chi connectivity index (χ0) is 32.8. The lowest BCUT2D eigenvalue weighted by atomic mass is 9.93. The summed E-state index contributed by atoms with van der Waals surface area (Å²) in [5.41, 5.74) is 12.1. The largest absolute Gasteiger partial charge is 0.456 e. The number of furan rings is 2. The summed E-state index contributed by atoms with van der Waals surface area (Å²) in [6.45, 7) is 0. The second kappa shape index (κ2) is 10.5. The van der Waals surface area contributed by atoms with Gasteiger partial charge in [0.1, 0.15) is 22.2 Å². The molecule has 0 spiro atoms. The molecule has 11 rings (SSSR count). The van der Waals surface area contributed by atoms with Crippen LogP contribution in [0.25, 0.3) is 99.5 Å². The van der Waals surface area contributed by atoms with Crippen molar-refractivity contribution in [1.82, 2.24) is 9.97 Å². The Morgan fingerprint density at radius 2 is 1.08 bits per heavy atom. The van der Waals surface area contributed by atoms with Gasteiger partial charge in [-0.3, -0.25) is 4.98 Å². The first-order valence-electron chi connectivity index (χ1n) is 17.1. The Kier molecular flexibility index (Phi) is 5.75. The summed E-state index contributed by atoms with van der Waals surface area (Å²) in [6, 6.07) is 46.9. The van der Waals surface area contributed by atoms with E-state index in [-0.39, 0.29) is 0 Å². The Hall–Kier alpha value is -6.52. The van der Waals surface area contributed by atoms with E-state index >= 15 is 0 Å². The van der Waals surface area contributed by atoms with E-state index in [0.717, 1.165) is 101 Å². The lowest BCUT2D eigenvalue weighted by molar-refractivity contribution is 0.568. The highest BCUT2D eigenvalue weighted by Crippen LogP contribution is 2.36. The molecule has 50 heavy (non-hydrogen) atoms. The van der Waals surface area contributed by atoms with Gasteiger partial charge in [0.15, 0.2) is 0 Å². The van der Waals surface area contributed by atoms with Crippen LogP contribution in [0.15, 0.2) is 148 Å². The molecule has 234 valence electrons. The Balaban J connectivity index is 1.03. The van der Waals surface area contributed by atoms with Gasteiger partial charge in [-0.15, -0.1) is 0 Å². The molecule has 3 heterocycles. The Morgan fingerprint density at radius 3 is 1.88 bits per heavy atom. The minimum atomic E-state index is 0.860. The third kappa shape index (κ3) is 4.05. The maximum atomic E-state index is 6.67. The lowest BCUT2D eigenvalue weighted by Crippen LogP contribution is -2.26. The summed E-state index contributed by atoms with van der Waals surface area (Å²) < 4.78 is 12.9. The fourth-order valence-corrected chi connectivity index (χ4v) is 8.02. The molecule has 1 aliphatic rings. The normalized spacial score (nSPS) is 13.2. The quantitative estimate of drug-likeness (QED) is 0.180. The maximum Gasteiger partial charge on any atom is 0.138 e. The average molecular weight is 641 g/mol. The van der Waals surface area contributed by atoms with E-state index in [2.05, 4.69) is 127 Å². The first-order chi connectivity index (χ1) is 24.8. The zero-order valence-corrected chi connectivity index (χ0v) is 27.0. The number of para-hydroxylation sites is 1. The molecule has 0 amide bonds. The molecule has 4 nitrogen and oxygen atoms in total. The summed E-state index contributed by atoms with van der Waals surface area (Å²) >= 11 is 0. The van der Waals surface area contributed by atoms with Crippen LogP contribution in [-0.2, 0) is 0 Å². The fraction of sp³-hybridized carbons (Fsp3) is 0.0435. The SMILES string of the molecule is C1=c2c(oc3cc4c(cc23)oc2ccccc24)=C(c2cccc(-c3cccc(-c4cnc5c6ccccc6c6ccccc6c5n4)c3)c2)CC1. The summed E-state index contributed by atoms with van der Waals surface area (Å²) in [7, 11) is 0. The monoisotopic (exact) mass is 640 g/mol. The summed E-state index contributed by atoms with van der Waals surface area (Å²) in [4.78, 5) is 10.2. The molecule has 4 heteroatoms. The van der Waals surface area contributed by atoms with E-state index in [1.165, 1.54) is 21.9 Å². The smallest absolute Gasteiger partial charge is 0.138 e. The van der Waals surface area contributed by atoms with Gasteiger partial charge in [0.25, 0.3) is 0 Å². The standard InChI is InChI=1S/C46H28N2O2/c1-3-17-35-32(14-1)33-15-2-4-18-36(33)45-44(35)47-26-40(48-45)30-13-8-11-28(23-30)27-10-7-12-29(22-27)31-19-9-20-37-39-25-42-38(24-43(39)50-46(31)37)34-16-5-6-21-41(34)49-42/h1-8,10-18,20-26H,9,19H2. The molecule has 0 aliphatic heterocycles. The minimum absolute atomic E-state index is 0.860. The van der Waals surface area contributed by atoms with Crippen LogP contribution in [0, 0.1) is 0 Å². The molecule has 3 aromatic heterocycles. The highest BCUT2D eigenvalue weighted by molar-refractivity contribution is 6.23. The van der Waals surface area contributed by atoms with Crippen molar-refractivity contribution in [3.8, 4) is 22.4 Å². The topological polar surface area (TPSA) is 52.1 Å². The van der Waals surface area contributed by atoms with Gasteiger partial charge >= 0.3 is 0 Å². The second-order valence-corrected chi connectivity index (χ2v) is 13.2. The number of aromatic nitrogens is 2. The highest BCUT2D eigenvalue weighted by Gasteiger charge is 2.18. The summed E-state index contributed by atoms with van der Waals surface area (Å²) in [5.74, 6) is 0. The van der Waals surface area contributed by atoms with Crippen molar-refractivity contribution in [1.29, 1.82) is 0 Å². The van der Waals surface area contributed by atoms with Gasteiger partial charge in [-0.05, 0) is 70.6 Å². The Labute approximate surface area is 286 Å². The van der Waals surface area contributed by atoms with Crippen molar-refractivity contribution < 1.29 is 8.83 Å². The van der Waals surface area contributed by atoms with Crippen LogP contribution in [0.4, 0.5) is 0 Å². The van der Waals surface area contributed by atoms with Gasteiger partial charge in [0.05, 0.1) is 22.9 Å². The molecule has 0 atom stereocenters. The number of benzene rings is 7. The molecular weight excluding hydrogens is 613 g/mol. The third-order valence-corrected chi connectivity index (χ3v) is 10.4. The number of rotatable bonds is 3. The molecule has 1 aliphatic carbocycles. The average Bonchev–Trinajstić information content (AvgIpc) is 3.74. The Bertz CT molecular complexity index is 3130. The predicted molar refractivity (Wildman–Crippen MR) is 204 cm³/mol. The van der Waals surface area contributed by atoms with Crippen molar-refractivity contribution in [3.05, 3.63) is 156 Å². The molecule has 0 saturated heterocycles. The van der Waals surface area contributed by atoms with Gasteiger partial charge < -0.3 is 8.83 Å². The van der Waals surface area contributed by atoms with Crippen LogP contribution in [0.2, 0.25) is 0 Å². The van der Waals surface area contributed by atoms with Crippen LogP contribution < -0.4 is 10.6 Å². The first-order valence-corrected chi connectivity index (χ1v) is 17.1. The van der Waals surface area contributed by atoms with E-state index in [0.29, 0.717) is 0 Å². The molecule has 0 N–H and O–H groups in total. The highest BCUT2D eigenvalue weighted by atomic mass is 16.3. The number of hydrogen-bond acceptors (Lipinski definition) is 4. The molecular formula is C46H28N2O2. The molecule has 10 aromatic rings. The van der Waals surface area contributed by atoms with Crippen LogP contribution >= 0.6 is 0 Å². The van der Waals surface area contributed by atoms with Gasteiger partial charge in [-0.25, -0.2) is 4.98 Å². The van der Waals surface area contributed by atoms with Crippen LogP contribution in [-0.4, -0.2) is 9.97 Å². The molecule has 0 fully saturated rings. The van der Waals surface area contributed by atoms with Crippen LogP contribution in [0.3, 0.4) is 0 Å². The second-order valence-electron chi connectivity index (χ2n) is 13.2. The van der Waals surface area contributed by atoms with Crippen molar-refractivity contribution in [2.24, 2.45) is 0 Å². The van der Waals surface area contributed by atoms with Crippen LogP contribution in [0.5, 0.6) is 0 Å². The van der Waals surface area contributed by atoms with E-state index in [1.807, 2.05) is 18.3 Å². The van der Waals surface area contributed by atoms with Crippen molar-refractivity contribution in [2.45, 2.75) is 12.8 Å². The van der Waals surface area contributed by atoms with Crippen LogP contribution in [0.1, 0.15) is 18.4 Å². The Morgan fingerprint density at radius 1 is 0.460 bits per heavy atom. The summed E-state index contributed by atoms with van der Waals surface area (Å²) in [6.07, 6.45) is 6.10. The van der Waals surface area contributed by atoms with E-state index in [9.17, 15) is 0 Å². The maximum absolute atomic E-state index is 6.67. The first kappa shape index (κ1) is 27.4. The minimum Gasteiger partial charge on any atom is -0.456 e. The van der Waals surface area contributed by atoms with Crippen molar-refractivity contribution in [2.75, 3.05) is 0 Å². The van der Waals surface area contributed by atoms with Gasteiger partial charge in [0.2, 0.25) is 0 Å². The number of hydrogen-bond donors (Lipinski definition) is 0. The lowest BCUT2D eigenvalue weighted by Gasteiger charge is -2.12. The van der Waals surface area contributed by atoms with Gasteiger partial charge in [-0.1, -0.05) is 109 Å². The molecule has 0 radical (unpaired) electrons. The third-order valence-electron chi connectivity index (χ3n) is 10.4. The van der Waals surface area contributed by atoms with Crippen molar-refractivity contribution >= 4 is 77.1 Å². The molecule has 7 aromatic carbocycles. The molecule has 0 saturated carbocycles. The molecule has 0 unspecified atom stereocenters. The van der Waals surface area contributed by atoms with E-state index < -0.39 is 0 Å². The number of fused-ring (bicyclic) bond motifs is 12. The van der Waals surface area contributed by atoms with Gasteiger partial charge in [0, 0.05) is 43.3 Å². The summed E-state index contributed by atoms with van der Waals surface area (Å²) in [5, 5.41) is 9.09. The van der Waals surface area contributed by atoms with E-state index in [4.69, 9.17) is 18.8 Å².